The van der Waals surface area contributed by atoms with Crippen molar-refractivity contribution in [1.29, 1.82) is 0 Å². The van der Waals surface area contributed by atoms with Crippen LogP contribution in [0.15, 0.2) is 54.6 Å². The predicted octanol–water partition coefficient (Wildman–Crippen LogP) is 5.51. The molecule has 1 N–H and O–H groups in total. The normalized spacial score (nSPS) is 13.4. The fraction of sp³-hybridized carbons (Fsp3) is 0.333. The van der Waals surface area contributed by atoms with Crippen LogP contribution >= 0.6 is 0 Å². The number of benzene rings is 2. The van der Waals surface area contributed by atoms with Gasteiger partial charge in [-0.05, 0) is 37.5 Å². The van der Waals surface area contributed by atoms with Crippen LogP contribution in [0.5, 0.6) is 5.75 Å². The Bertz CT molecular complexity index is 951. The molecular formula is C24H29N3O2. The Morgan fingerprint density at radius 1 is 0.966 bits per heavy atom. The number of carbonyl (C=O) groups excluding carboxylic acids is 1. The van der Waals surface area contributed by atoms with Crippen LogP contribution in [0.3, 0.4) is 0 Å². The highest BCUT2D eigenvalue weighted by Gasteiger charge is 2.25. The molecule has 0 bridgehead atoms. The molecule has 152 valence electrons. The van der Waals surface area contributed by atoms with E-state index < -0.39 is 0 Å². The smallest absolute Gasteiger partial charge is 0.260 e. The molecule has 1 aliphatic rings. The molecular weight excluding hydrogens is 362 g/mol. The summed E-state index contributed by atoms with van der Waals surface area (Å²) < 4.78 is 5.73. The third kappa shape index (κ3) is 4.50. The summed E-state index contributed by atoms with van der Waals surface area (Å²) in [4.78, 5) is 20.3. The van der Waals surface area contributed by atoms with Gasteiger partial charge in [-0.1, -0.05) is 50.2 Å². The van der Waals surface area contributed by atoms with Crippen molar-refractivity contribution in [3.05, 3.63) is 60.2 Å². The summed E-state index contributed by atoms with van der Waals surface area (Å²) in [7, 11) is 1.61. The monoisotopic (exact) mass is 391 g/mol. The van der Waals surface area contributed by atoms with E-state index in [1.54, 1.807) is 7.11 Å². The number of carbonyl (C=O) groups is 1. The maximum Gasteiger partial charge on any atom is 0.260 e. The van der Waals surface area contributed by atoms with Crippen molar-refractivity contribution in [3.8, 4) is 5.75 Å². The first-order chi connectivity index (χ1) is 14.3. The average Bonchev–Trinajstić information content (AvgIpc) is 2.80. The van der Waals surface area contributed by atoms with Gasteiger partial charge in [0.1, 0.15) is 0 Å². The number of anilines is 2. The Morgan fingerprint density at radius 2 is 1.62 bits per heavy atom. The SMILES string of the molecule is CC.COc1c(N2CCCCC2)nc2ccccc2c1C(=O)Nc1ccccc1. The van der Waals surface area contributed by atoms with Crippen molar-refractivity contribution < 1.29 is 9.53 Å². The lowest BCUT2D eigenvalue weighted by Gasteiger charge is -2.30. The summed E-state index contributed by atoms with van der Waals surface area (Å²) in [6.07, 6.45) is 3.49. The van der Waals surface area contributed by atoms with Gasteiger partial charge in [-0.25, -0.2) is 4.98 Å². The molecule has 4 rings (SSSR count). The Labute approximate surface area is 172 Å². The summed E-state index contributed by atoms with van der Waals surface area (Å²) in [6, 6.07) is 17.2. The van der Waals surface area contributed by atoms with Crippen LogP contribution in [0.25, 0.3) is 10.9 Å². The second kappa shape index (κ2) is 9.92. The van der Waals surface area contributed by atoms with Crippen molar-refractivity contribution in [1.82, 2.24) is 4.98 Å². The standard InChI is InChI=1S/C22H23N3O2.C2H6/c1-27-20-19(22(26)23-16-10-4-2-5-11-16)17-12-6-7-13-18(17)24-21(20)25-14-8-3-9-15-25;1-2/h2,4-7,10-13H,3,8-9,14-15H2,1H3,(H,23,26);1-2H3. The zero-order valence-corrected chi connectivity index (χ0v) is 17.4. The molecule has 3 aromatic rings. The molecule has 0 atom stereocenters. The van der Waals surface area contributed by atoms with Crippen molar-refractivity contribution >= 4 is 28.3 Å². The van der Waals surface area contributed by atoms with Gasteiger partial charge in [0.25, 0.3) is 5.91 Å². The van der Waals surface area contributed by atoms with E-state index in [4.69, 9.17) is 9.72 Å². The summed E-state index contributed by atoms with van der Waals surface area (Å²) in [5.74, 6) is 1.12. The fourth-order valence-electron chi connectivity index (χ4n) is 3.64. The van der Waals surface area contributed by atoms with E-state index in [1.807, 2.05) is 68.4 Å². The minimum absolute atomic E-state index is 0.185. The number of nitrogens with one attached hydrogen (secondary N) is 1. The van der Waals surface area contributed by atoms with Crippen molar-refractivity contribution in [2.24, 2.45) is 0 Å². The minimum Gasteiger partial charge on any atom is -0.492 e. The molecule has 0 saturated carbocycles. The van der Waals surface area contributed by atoms with E-state index in [0.717, 1.165) is 48.3 Å². The van der Waals surface area contributed by atoms with Gasteiger partial charge in [0.15, 0.2) is 11.6 Å². The number of pyridine rings is 1. The molecule has 0 spiro atoms. The average molecular weight is 392 g/mol. The lowest BCUT2D eigenvalue weighted by molar-refractivity contribution is 0.102. The molecule has 0 unspecified atom stereocenters. The molecule has 2 heterocycles. The predicted molar refractivity (Wildman–Crippen MR) is 120 cm³/mol. The topological polar surface area (TPSA) is 54.5 Å². The summed E-state index contributed by atoms with van der Waals surface area (Å²) in [5, 5.41) is 3.78. The highest BCUT2D eigenvalue weighted by atomic mass is 16.5. The molecule has 1 saturated heterocycles. The quantitative estimate of drug-likeness (QED) is 0.637. The van der Waals surface area contributed by atoms with E-state index >= 15 is 0 Å². The molecule has 2 aromatic carbocycles. The van der Waals surface area contributed by atoms with Crippen LogP contribution in [0.2, 0.25) is 0 Å². The van der Waals surface area contributed by atoms with E-state index in [9.17, 15) is 4.79 Å². The number of rotatable bonds is 4. The number of aromatic nitrogens is 1. The fourth-order valence-corrected chi connectivity index (χ4v) is 3.64. The molecule has 1 aliphatic heterocycles. The largest absolute Gasteiger partial charge is 0.492 e. The van der Waals surface area contributed by atoms with E-state index in [0.29, 0.717) is 11.3 Å². The number of para-hydroxylation sites is 2. The van der Waals surface area contributed by atoms with Crippen LogP contribution in [0, 0.1) is 0 Å². The van der Waals surface area contributed by atoms with E-state index in [1.165, 1.54) is 6.42 Å². The van der Waals surface area contributed by atoms with Gasteiger partial charge in [0.2, 0.25) is 0 Å². The molecule has 29 heavy (non-hydrogen) atoms. The van der Waals surface area contributed by atoms with Gasteiger partial charge in [-0.2, -0.15) is 0 Å². The summed E-state index contributed by atoms with van der Waals surface area (Å²) >= 11 is 0. The van der Waals surface area contributed by atoms with Gasteiger partial charge < -0.3 is 15.0 Å². The van der Waals surface area contributed by atoms with Crippen LogP contribution in [-0.2, 0) is 0 Å². The molecule has 5 nitrogen and oxygen atoms in total. The van der Waals surface area contributed by atoms with Crippen molar-refractivity contribution in [3.63, 3.8) is 0 Å². The van der Waals surface area contributed by atoms with Crippen molar-refractivity contribution in [2.75, 3.05) is 30.4 Å². The summed E-state index contributed by atoms with van der Waals surface area (Å²) in [6.45, 7) is 5.86. The van der Waals surface area contributed by atoms with Gasteiger partial charge in [0, 0.05) is 24.2 Å². The number of methoxy groups -OCH3 is 1. The van der Waals surface area contributed by atoms with Crippen LogP contribution in [0.1, 0.15) is 43.5 Å². The summed E-state index contributed by atoms with van der Waals surface area (Å²) in [5.41, 5.74) is 2.09. The second-order valence-electron chi connectivity index (χ2n) is 6.73. The van der Waals surface area contributed by atoms with Crippen LogP contribution in [-0.4, -0.2) is 31.1 Å². The third-order valence-electron chi connectivity index (χ3n) is 4.95. The van der Waals surface area contributed by atoms with E-state index in [2.05, 4.69) is 10.2 Å². The number of hydrogen-bond donors (Lipinski definition) is 1. The molecule has 0 aliphatic carbocycles. The van der Waals surface area contributed by atoms with Crippen molar-refractivity contribution in [2.45, 2.75) is 33.1 Å². The number of piperidine rings is 1. The molecule has 1 aromatic heterocycles. The first-order valence-corrected chi connectivity index (χ1v) is 10.4. The Kier molecular flexibility index (Phi) is 7.06. The Balaban J connectivity index is 0.00000117. The maximum absolute atomic E-state index is 13.2. The number of hydrogen-bond acceptors (Lipinski definition) is 4. The first-order valence-electron chi connectivity index (χ1n) is 10.4. The second-order valence-corrected chi connectivity index (χ2v) is 6.73. The van der Waals surface area contributed by atoms with E-state index in [-0.39, 0.29) is 5.91 Å². The van der Waals surface area contributed by atoms with Gasteiger partial charge in [-0.3, -0.25) is 4.79 Å². The zero-order valence-electron chi connectivity index (χ0n) is 17.4. The van der Waals surface area contributed by atoms with Crippen LogP contribution < -0.4 is 15.0 Å². The lowest BCUT2D eigenvalue weighted by Crippen LogP contribution is -2.31. The van der Waals surface area contributed by atoms with Gasteiger partial charge in [0.05, 0.1) is 18.2 Å². The molecule has 1 amide bonds. The molecule has 0 radical (unpaired) electrons. The Morgan fingerprint density at radius 3 is 2.31 bits per heavy atom. The van der Waals surface area contributed by atoms with Gasteiger partial charge in [-0.15, -0.1) is 0 Å². The highest BCUT2D eigenvalue weighted by Crippen LogP contribution is 2.37. The zero-order chi connectivity index (χ0) is 20.6. The number of nitrogens with zero attached hydrogens (tertiary/aromatic N) is 2. The third-order valence-corrected chi connectivity index (χ3v) is 4.95. The highest BCUT2D eigenvalue weighted by molar-refractivity contribution is 6.15. The lowest BCUT2D eigenvalue weighted by atomic mass is 10.0. The van der Waals surface area contributed by atoms with Gasteiger partial charge >= 0.3 is 0 Å². The Hall–Kier alpha value is -3.08. The number of fused-ring (bicyclic) bond motifs is 1. The number of ether oxygens (including phenoxy) is 1. The molecule has 1 fully saturated rings. The molecule has 5 heteroatoms. The van der Waals surface area contributed by atoms with Crippen LogP contribution in [0.4, 0.5) is 11.5 Å². The maximum atomic E-state index is 13.2. The number of amides is 1. The minimum atomic E-state index is -0.185. The first kappa shape index (κ1) is 20.6.